The van der Waals surface area contributed by atoms with E-state index in [1.54, 1.807) is 26.2 Å². The maximum Gasteiger partial charge on any atom is 0.337 e. The molecule has 2 aromatic carbocycles. The minimum atomic E-state index is -0.360. The Kier molecular flexibility index (Phi) is 6.19. The van der Waals surface area contributed by atoms with Crippen LogP contribution in [-0.4, -0.2) is 60.5 Å². The molecule has 0 saturated carbocycles. The molecule has 1 N–H and O–H groups in total. The summed E-state index contributed by atoms with van der Waals surface area (Å²) in [7, 11) is 3.08. The average molecular weight is 436 g/mol. The van der Waals surface area contributed by atoms with E-state index in [2.05, 4.69) is 28.9 Å². The molecule has 4 rings (SSSR count). The number of hydrogen-bond donors (Lipinski definition) is 1. The summed E-state index contributed by atoms with van der Waals surface area (Å²) < 4.78 is 10.6. The molecule has 2 heterocycles. The van der Waals surface area contributed by atoms with Gasteiger partial charge in [0.25, 0.3) is 0 Å². The molecule has 7 nitrogen and oxygen atoms in total. The average Bonchev–Trinajstić information content (AvgIpc) is 3.31. The second-order valence-corrected chi connectivity index (χ2v) is 8.21. The first-order chi connectivity index (χ1) is 15.4. The largest absolute Gasteiger partial charge is 0.496 e. The van der Waals surface area contributed by atoms with E-state index in [-0.39, 0.29) is 17.9 Å². The summed E-state index contributed by atoms with van der Waals surface area (Å²) in [6, 6.07) is 11.6. The Morgan fingerprint density at radius 3 is 2.53 bits per heavy atom. The fourth-order valence-corrected chi connectivity index (χ4v) is 4.56. The van der Waals surface area contributed by atoms with Crippen LogP contribution in [0.4, 0.5) is 0 Å². The van der Waals surface area contributed by atoms with Gasteiger partial charge in [-0.3, -0.25) is 9.69 Å². The predicted molar refractivity (Wildman–Crippen MR) is 123 cm³/mol. The van der Waals surface area contributed by atoms with Crippen LogP contribution in [-0.2, 0) is 16.1 Å². The van der Waals surface area contributed by atoms with Crippen molar-refractivity contribution in [3.63, 3.8) is 0 Å². The number of benzene rings is 2. The second-order valence-electron chi connectivity index (χ2n) is 8.21. The number of aromatic amines is 1. The quantitative estimate of drug-likeness (QED) is 0.619. The van der Waals surface area contributed by atoms with Gasteiger partial charge in [0.15, 0.2) is 0 Å². The number of H-pyrrole nitrogens is 1. The first kappa shape index (κ1) is 21.9. The van der Waals surface area contributed by atoms with Crippen LogP contribution >= 0.6 is 0 Å². The number of rotatable bonds is 5. The molecule has 0 spiro atoms. The summed E-state index contributed by atoms with van der Waals surface area (Å²) in [6.45, 7) is 6.38. The fraction of sp³-hybridized carbons (Fsp3) is 0.360. The lowest BCUT2D eigenvalue weighted by molar-refractivity contribution is -0.132. The lowest BCUT2D eigenvalue weighted by Gasteiger charge is -2.41. The van der Waals surface area contributed by atoms with E-state index in [0.29, 0.717) is 25.2 Å². The summed E-state index contributed by atoms with van der Waals surface area (Å²) in [5.74, 6) is 0.576. The Morgan fingerprint density at radius 1 is 1.12 bits per heavy atom. The molecule has 1 saturated heterocycles. The lowest BCUT2D eigenvalue weighted by atomic mass is 9.98. The van der Waals surface area contributed by atoms with Crippen molar-refractivity contribution in [2.45, 2.75) is 26.4 Å². The standard InChI is InChI=1S/C25H29N3O4/c1-16-13-23(31-3)21(20-9-10-26-24(16)20)14-28-12-11-27(17(2)29)15-22(28)18-5-7-19(8-6-18)25(30)32-4/h5-10,13,22,26H,11-12,14-15H2,1-4H3. The van der Waals surface area contributed by atoms with Crippen LogP contribution in [0.25, 0.3) is 10.9 Å². The van der Waals surface area contributed by atoms with Crippen LogP contribution < -0.4 is 4.74 Å². The molecule has 1 aromatic heterocycles. The summed E-state index contributed by atoms with van der Waals surface area (Å²) in [5.41, 5.74) is 4.95. The highest BCUT2D eigenvalue weighted by molar-refractivity contribution is 5.89. The summed E-state index contributed by atoms with van der Waals surface area (Å²) >= 11 is 0. The first-order valence-electron chi connectivity index (χ1n) is 10.7. The summed E-state index contributed by atoms with van der Waals surface area (Å²) in [6.07, 6.45) is 1.96. The topological polar surface area (TPSA) is 74.9 Å². The number of amides is 1. The van der Waals surface area contributed by atoms with Gasteiger partial charge < -0.3 is 19.4 Å². The number of carbonyl (C=O) groups is 2. The molecule has 1 aliphatic rings. The zero-order chi connectivity index (χ0) is 22.8. The minimum Gasteiger partial charge on any atom is -0.496 e. The molecule has 7 heteroatoms. The molecule has 1 fully saturated rings. The highest BCUT2D eigenvalue weighted by atomic mass is 16.5. The molecule has 1 amide bonds. The van der Waals surface area contributed by atoms with E-state index in [1.807, 2.05) is 23.2 Å². The predicted octanol–water partition coefficient (Wildman–Crippen LogP) is 3.68. The van der Waals surface area contributed by atoms with Crippen LogP contribution in [0.3, 0.4) is 0 Å². The highest BCUT2D eigenvalue weighted by Crippen LogP contribution is 2.35. The molecule has 1 unspecified atom stereocenters. The number of ether oxygens (including phenoxy) is 2. The molecule has 0 aliphatic carbocycles. The van der Waals surface area contributed by atoms with Crippen molar-refractivity contribution in [3.05, 3.63) is 64.8 Å². The van der Waals surface area contributed by atoms with Crippen LogP contribution in [0.2, 0.25) is 0 Å². The van der Waals surface area contributed by atoms with E-state index < -0.39 is 0 Å². The molecule has 32 heavy (non-hydrogen) atoms. The van der Waals surface area contributed by atoms with Crippen molar-refractivity contribution in [2.75, 3.05) is 33.9 Å². The van der Waals surface area contributed by atoms with Crippen molar-refractivity contribution in [1.29, 1.82) is 0 Å². The van der Waals surface area contributed by atoms with Gasteiger partial charge in [-0.15, -0.1) is 0 Å². The van der Waals surface area contributed by atoms with E-state index in [4.69, 9.17) is 9.47 Å². The van der Waals surface area contributed by atoms with Gasteiger partial charge in [0.2, 0.25) is 5.91 Å². The summed E-state index contributed by atoms with van der Waals surface area (Å²) in [4.78, 5) is 31.6. The minimum absolute atomic E-state index is 0.000604. The van der Waals surface area contributed by atoms with Crippen molar-refractivity contribution in [3.8, 4) is 5.75 Å². The first-order valence-corrected chi connectivity index (χ1v) is 10.7. The van der Waals surface area contributed by atoms with E-state index in [0.717, 1.165) is 39.9 Å². The van der Waals surface area contributed by atoms with Gasteiger partial charge in [-0.05, 0) is 42.3 Å². The highest BCUT2D eigenvalue weighted by Gasteiger charge is 2.31. The number of nitrogens with one attached hydrogen (secondary N) is 1. The van der Waals surface area contributed by atoms with Crippen LogP contribution in [0.5, 0.6) is 5.75 Å². The maximum atomic E-state index is 12.1. The van der Waals surface area contributed by atoms with Gasteiger partial charge in [-0.25, -0.2) is 4.79 Å². The molecule has 0 radical (unpaired) electrons. The Hall–Kier alpha value is -3.32. The Morgan fingerprint density at radius 2 is 1.88 bits per heavy atom. The fourth-order valence-electron chi connectivity index (χ4n) is 4.56. The Balaban J connectivity index is 1.70. The molecular formula is C25H29N3O4. The number of hydrogen-bond acceptors (Lipinski definition) is 5. The zero-order valence-electron chi connectivity index (χ0n) is 19.0. The molecule has 168 valence electrons. The normalized spacial score (nSPS) is 16.9. The van der Waals surface area contributed by atoms with Crippen molar-refractivity contribution >= 4 is 22.8 Å². The Labute approximate surface area is 187 Å². The lowest BCUT2D eigenvalue weighted by Crippen LogP contribution is -2.49. The van der Waals surface area contributed by atoms with E-state index in [9.17, 15) is 9.59 Å². The van der Waals surface area contributed by atoms with Crippen molar-refractivity contribution in [2.24, 2.45) is 0 Å². The summed E-state index contributed by atoms with van der Waals surface area (Å²) in [5, 5.41) is 1.15. The number of fused-ring (bicyclic) bond motifs is 1. The number of esters is 1. The smallest absolute Gasteiger partial charge is 0.337 e. The van der Waals surface area contributed by atoms with Crippen LogP contribution in [0, 0.1) is 6.92 Å². The second kappa shape index (κ2) is 9.04. The maximum absolute atomic E-state index is 12.1. The molecule has 1 atom stereocenters. The Bertz CT molecular complexity index is 1140. The van der Waals surface area contributed by atoms with Crippen molar-refractivity contribution < 1.29 is 19.1 Å². The van der Waals surface area contributed by atoms with E-state index in [1.165, 1.54) is 7.11 Å². The number of nitrogens with zero attached hydrogens (tertiary/aromatic N) is 2. The van der Waals surface area contributed by atoms with Crippen LogP contribution in [0.1, 0.15) is 40.0 Å². The van der Waals surface area contributed by atoms with Gasteiger partial charge in [0.05, 0.1) is 25.8 Å². The molecule has 3 aromatic rings. The molecular weight excluding hydrogens is 406 g/mol. The number of methoxy groups -OCH3 is 2. The third kappa shape index (κ3) is 4.08. The van der Waals surface area contributed by atoms with Gasteiger partial charge in [0.1, 0.15) is 5.75 Å². The zero-order valence-corrected chi connectivity index (χ0v) is 19.0. The number of carbonyl (C=O) groups excluding carboxylic acids is 2. The van der Waals surface area contributed by atoms with Gasteiger partial charge in [0, 0.05) is 55.8 Å². The van der Waals surface area contributed by atoms with E-state index >= 15 is 0 Å². The SMILES string of the molecule is COC(=O)c1ccc(C2CN(C(C)=O)CCN2Cc2c(OC)cc(C)c3[nH]ccc23)cc1. The van der Waals surface area contributed by atoms with Crippen molar-refractivity contribution in [1.82, 2.24) is 14.8 Å². The van der Waals surface area contributed by atoms with Gasteiger partial charge >= 0.3 is 5.97 Å². The third-order valence-corrected chi connectivity index (χ3v) is 6.35. The third-order valence-electron chi connectivity index (χ3n) is 6.35. The number of aryl methyl sites for hydroxylation is 1. The number of aromatic nitrogens is 1. The monoisotopic (exact) mass is 435 g/mol. The molecule has 1 aliphatic heterocycles. The van der Waals surface area contributed by atoms with Gasteiger partial charge in [-0.1, -0.05) is 12.1 Å². The molecule has 0 bridgehead atoms. The number of piperazine rings is 1. The van der Waals surface area contributed by atoms with Crippen LogP contribution in [0.15, 0.2) is 42.6 Å². The van der Waals surface area contributed by atoms with Gasteiger partial charge in [-0.2, -0.15) is 0 Å².